The smallest absolute Gasteiger partial charge is 0.0594 e. The zero-order valence-corrected chi connectivity index (χ0v) is 27.7. The highest BCUT2D eigenvalue weighted by Gasteiger charge is 2.33. The summed E-state index contributed by atoms with van der Waals surface area (Å²) in [5.41, 5.74) is 0. The van der Waals surface area contributed by atoms with Gasteiger partial charge in [-0.1, -0.05) is 156 Å². The first-order chi connectivity index (χ1) is 17.2. The van der Waals surface area contributed by atoms with Gasteiger partial charge >= 0.3 is 0 Å². The quantitative estimate of drug-likeness (QED) is 0.0620. The van der Waals surface area contributed by atoms with Crippen LogP contribution in [0, 0.1) is 0 Å². The van der Waals surface area contributed by atoms with Crippen LogP contribution >= 0.6 is 7.26 Å². The Balaban J connectivity index is 0. The average molecular weight is 547 g/mol. The van der Waals surface area contributed by atoms with Crippen molar-refractivity contribution in [2.45, 2.75) is 195 Å². The molecule has 0 saturated heterocycles. The van der Waals surface area contributed by atoms with Crippen LogP contribution in [-0.2, 0) is 0 Å². The van der Waals surface area contributed by atoms with Crippen molar-refractivity contribution in [2.24, 2.45) is 0 Å². The Hall–Kier alpha value is 0.720. The van der Waals surface area contributed by atoms with E-state index in [0.29, 0.717) is 0 Å². The summed E-state index contributed by atoms with van der Waals surface area (Å²) >= 11 is 0. The molecule has 0 bridgehead atoms. The molecule has 220 valence electrons. The van der Waals surface area contributed by atoms with Gasteiger partial charge in [0.05, 0.1) is 24.6 Å². The van der Waals surface area contributed by atoms with E-state index in [2.05, 4.69) is 27.7 Å². The van der Waals surface area contributed by atoms with Gasteiger partial charge in [-0.3, -0.25) is 0 Å². The van der Waals surface area contributed by atoms with Crippen molar-refractivity contribution in [1.29, 1.82) is 0 Å². The van der Waals surface area contributed by atoms with Gasteiger partial charge in [0, 0.05) is 7.26 Å². The Morgan fingerprint density at radius 2 is 0.472 bits per heavy atom. The molecule has 0 heterocycles. The lowest BCUT2D eigenvalue weighted by Crippen LogP contribution is -3.00. The fourth-order valence-electron chi connectivity index (χ4n) is 6.20. The summed E-state index contributed by atoms with van der Waals surface area (Å²) in [7, 11) is -0.656. The fourth-order valence-corrected chi connectivity index (χ4v) is 11.2. The molecule has 0 aromatic heterocycles. The summed E-state index contributed by atoms with van der Waals surface area (Å²) in [6, 6.07) is 0. The molecular formula is C34H72ClP. The van der Waals surface area contributed by atoms with Crippen molar-refractivity contribution < 1.29 is 12.4 Å². The number of hydrogen-bond acceptors (Lipinski definition) is 0. The van der Waals surface area contributed by atoms with Crippen LogP contribution < -0.4 is 12.4 Å². The molecule has 0 radical (unpaired) electrons. The maximum atomic E-state index is 2.45. The third-order valence-electron chi connectivity index (χ3n) is 8.37. The third kappa shape index (κ3) is 26.3. The van der Waals surface area contributed by atoms with Crippen molar-refractivity contribution in [3.05, 3.63) is 0 Å². The molecule has 0 nitrogen and oxygen atoms in total. The lowest BCUT2D eigenvalue weighted by atomic mass is 10.1. The molecule has 0 unspecified atom stereocenters. The van der Waals surface area contributed by atoms with E-state index in [9.17, 15) is 0 Å². The van der Waals surface area contributed by atoms with Gasteiger partial charge < -0.3 is 12.4 Å². The van der Waals surface area contributed by atoms with Crippen molar-refractivity contribution >= 4 is 7.26 Å². The summed E-state index contributed by atoms with van der Waals surface area (Å²) in [6.07, 6.45) is 44.9. The fraction of sp³-hybridized carbons (Fsp3) is 1.00. The minimum Gasteiger partial charge on any atom is -1.00 e. The summed E-state index contributed by atoms with van der Waals surface area (Å²) in [4.78, 5) is 0. The predicted molar refractivity (Wildman–Crippen MR) is 169 cm³/mol. The highest BCUT2D eigenvalue weighted by molar-refractivity contribution is 7.75. The molecule has 0 spiro atoms. The predicted octanol–water partition coefficient (Wildman–Crippen LogP) is 10.2. The zero-order valence-electron chi connectivity index (χ0n) is 26.0. The van der Waals surface area contributed by atoms with E-state index < -0.39 is 7.26 Å². The molecular weight excluding hydrogens is 475 g/mol. The van der Waals surface area contributed by atoms with Gasteiger partial charge in [0.25, 0.3) is 0 Å². The van der Waals surface area contributed by atoms with Crippen molar-refractivity contribution in [3.8, 4) is 0 Å². The first kappa shape index (κ1) is 38.9. The first-order valence-corrected chi connectivity index (χ1v) is 19.6. The van der Waals surface area contributed by atoms with Crippen LogP contribution in [0.3, 0.4) is 0 Å². The second-order valence-electron chi connectivity index (χ2n) is 12.0. The van der Waals surface area contributed by atoms with E-state index in [1.807, 2.05) is 0 Å². The maximum Gasteiger partial charge on any atom is 0.0594 e. The lowest BCUT2D eigenvalue weighted by Gasteiger charge is -2.27. The summed E-state index contributed by atoms with van der Waals surface area (Å²) in [6.45, 7) is 9.54. The highest BCUT2D eigenvalue weighted by Crippen LogP contribution is 2.61. The van der Waals surface area contributed by atoms with Crippen LogP contribution in [0.5, 0.6) is 0 Å². The van der Waals surface area contributed by atoms with E-state index in [0.717, 1.165) is 0 Å². The SMILES string of the molecule is CCCCCCCCCCCCCC[P+](CCC)(CCC)CCCCCCCCCCCCCC.[Cl-]. The third-order valence-corrected chi connectivity index (χ3v) is 13.7. The number of rotatable bonds is 30. The lowest BCUT2D eigenvalue weighted by molar-refractivity contribution is -0.00000800. The molecule has 0 N–H and O–H groups in total. The molecule has 0 rings (SSSR count). The standard InChI is InChI=1S/C34H72P.ClH/c1-5-9-11-13-15-17-19-21-23-25-27-29-33-35(31-7-3,32-8-4)34-30-28-26-24-22-20-18-16-14-12-10-6-2;/h5-34H2,1-4H3;1H/q+1;/p-1. The molecule has 0 aliphatic rings. The van der Waals surface area contributed by atoms with Crippen LogP contribution in [0.15, 0.2) is 0 Å². The minimum atomic E-state index is -0.656. The van der Waals surface area contributed by atoms with Gasteiger partial charge in [0.1, 0.15) is 0 Å². The van der Waals surface area contributed by atoms with Crippen molar-refractivity contribution in [1.82, 2.24) is 0 Å². The Morgan fingerprint density at radius 1 is 0.250 bits per heavy atom. The molecule has 0 atom stereocenters. The molecule has 36 heavy (non-hydrogen) atoms. The summed E-state index contributed by atoms with van der Waals surface area (Å²) in [5.74, 6) is 0. The molecule has 2 heteroatoms. The maximum absolute atomic E-state index is 2.45. The van der Waals surface area contributed by atoms with Crippen LogP contribution in [0.1, 0.15) is 195 Å². The van der Waals surface area contributed by atoms with Crippen molar-refractivity contribution in [2.75, 3.05) is 24.6 Å². The second kappa shape index (κ2) is 31.9. The molecule has 0 saturated carbocycles. The van der Waals surface area contributed by atoms with Crippen LogP contribution in [0.2, 0.25) is 0 Å². The normalized spacial score (nSPS) is 11.7. The minimum absolute atomic E-state index is 0. The highest BCUT2D eigenvalue weighted by atomic mass is 35.5. The van der Waals surface area contributed by atoms with E-state index in [1.54, 1.807) is 37.5 Å². The Labute approximate surface area is 238 Å². The largest absolute Gasteiger partial charge is 1.00 e. The van der Waals surface area contributed by atoms with E-state index >= 15 is 0 Å². The molecule has 0 aliphatic heterocycles. The van der Waals surface area contributed by atoms with Crippen LogP contribution in [0.4, 0.5) is 0 Å². The number of unbranched alkanes of at least 4 members (excludes halogenated alkanes) is 22. The van der Waals surface area contributed by atoms with Crippen LogP contribution in [0.25, 0.3) is 0 Å². The molecule has 0 aromatic rings. The first-order valence-electron chi connectivity index (χ1n) is 17.1. The second-order valence-corrected chi connectivity index (χ2v) is 16.5. The Morgan fingerprint density at radius 3 is 0.694 bits per heavy atom. The van der Waals surface area contributed by atoms with Crippen LogP contribution in [-0.4, -0.2) is 24.6 Å². The molecule has 0 aromatic carbocycles. The van der Waals surface area contributed by atoms with E-state index in [-0.39, 0.29) is 12.4 Å². The van der Waals surface area contributed by atoms with Gasteiger partial charge in [-0.25, -0.2) is 0 Å². The summed E-state index contributed by atoms with van der Waals surface area (Å²) in [5, 5.41) is 0. The molecule has 0 fully saturated rings. The van der Waals surface area contributed by atoms with Gasteiger partial charge in [0.2, 0.25) is 0 Å². The van der Waals surface area contributed by atoms with Gasteiger partial charge in [0.15, 0.2) is 0 Å². The zero-order chi connectivity index (χ0) is 25.7. The van der Waals surface area contributed by atoms with E-state index in [4.69, 9.17) is 0 Å². The number of hydrogen-bond donors (Lipinski definition) is 0. The van der Waals surface area contributed by atoms with Gasteiger partial charge in [-0.15, -0.1) is 0 Å². The topological polar surface area (TPSA) is 0 Å². The monoisotopic (exact) mass is 547 g/mol. The number of halogens is 1. The van der Waals surface area contributed by atoms with Gasteiger partial charge in [-0.05, 0) is 38.5 Å². The molecule has 0 aliphatic carbocycles. The van der Waals surface area contributed by atoms with E-state index in [1.165, 1.54) is 154 Å². The summed E-state index contributed by atoms with van der Waals surface area (Å²) < 4.78 is 0. The average Bonchev–Trinajstić information content (AvgIpc) is 2.85. The van der Waals surface area contributed by atoms with Gasteiger partial charge in [-0.2, -0.15) is 0 Å². The Bertz CT molecular complexity index is 347. The molecule has 0 amide bonds. The van der Waals surface area contributed by atoms with Crippen molar-refractivity contribution in [3.63, 3.8) is 0 Å². The Kier molecular flexibility index (Phi) is 34.5.